The molecular weight excluding hydrogens is 1290 g/mol. The van der Waals surface area contributed by atoms with Gasteiger partial charge >= 0.3 is 39.5 Å². The van der Waals surface area contributed by atoms with Crippen molar-refractivity contribution < 1.29 is 80.2 Å². The van der Waals surface area contributed by atoms with Crippen LogP contribution in [0.3, 0.4) is 0 Å². The number of hydrogen-bond donors (Lipinski definition) is 3. The minimum Gasteiger partial charge on any atom is -0.462 e. The molecule has 0 radical (unpaired) electrons. The SMILES string of the molecule is CCCCCCCCCCCCCCCCCCCCCCCC(=O)O[C@H](COC(=O)CCCCCCCCCCCCCCCCCCCC)COP(=O)(O)OC[C@@H](O)COP(=O)(O)OC[C@@H](COC(=O)CCCCCCCCCC)OC(=O)CCCCCCCCCCCC(C)C. The third-order valence-electron chi connectivity index (χ3n) is 18.8. The predicted molar refractivity (Wildman–Crippen MR) is 405 cm³/mol. The first kappa shape index (κ1) is 97.1. The summed E-state index contributed by atoms with van der Waals surface area (Å²) < 4.78 is 68.6. The van der Waals surface area contributed by atoms with Crippen molar-refractivity contribution in [3.8, 4) is 0 Å². The molecule has 99 heavy (non-hydrogen) atoms. The highest BCUT2D eigenvalue weighted by molar-refractivity contribution is 7.47. The van der Waals surface area contributed by atoms with Crippen molar-refractivity contribution in [2.45, 2.75) is 445 Å². The Hall–Kier alpha value is -1.94. The molecule has 0 aromatic carbocycles. The Bertz CT molecular complexity index is 1890. The summed E-state index contributed by atoms with van der Waals surface area (Å²) in [7, 11) is -9.91. The van der Waals surface area contributed by atoms with Crippen LogP contribution in [0.25, 0.3) is 0 Å². The van der Waals surface area contributed by atoms with Crippen molar-refractivity contribution in [3.63, 3.8) is 0 Å². The molecule has 17 nitrogen and oxygen atoms in total. The van der Waals surface area contributed by atoms with Gasteiger partial charge in [0.2, 0.25) is 0 Å². The van der Waals surface area contributed by atoms with Crippen molar-refractivity contribution >= 4 is 39.5 Å². The van der Waals surface area contributed by atoms with Crippen LogP contribution >= 0.6 is 15.6 Å². The lowest BCUT2D eigenvalue weighted by Gasteiger charge is -2.21. The number of aliphatic hydroxyl groups is 1. The van der Waals surface area contributed by atoms with E-state index >= 15 is 0 Å². The first-order valence-electron chi connectivity index (χ1n) is 41.6. The molecule has 0 aliphatic rings. The molecule has 0 amide bonds. The Balaban J connectivity index is 5.18. The average molecular weight is 1450 g/mol. The van der Waals surface area contributed by atoms with Crippen molar-refractivity contribution in [3.05, 3.63) is 0 Å². The first-order valence-corrected chi connectivity index (χ1v) is 44.6. The zero-order valence-electron chi connectivity index (χ0n) is 64.6. The Labute approximate surface area is 607 Å². The van der Waals surface area contributed by atoms with E-state index in [4.69, 9.17) is 37.0 Å². The summed E-state index contributed by atoms with van der Waals surface area (Å²) in [6, 6.07) is 0. The van der Waals surface area contributed by atoms with E-state index < -0.39 is 97.5 Å². The van der Waals surface area contributed by atoms with Gasteiger partial charge in [-0.05, 0) is 31.6 Å². The summed E-state index contributed by atoms with van der Waals surface area (Å²) >= 11 is 0. The lowest BCUT2D eigenvalue weighted by atomic mass is 10.0. The van der Waals surface area contributed by atoms with Gasteiger partial charge in [0.15, 0.2) is 12.2 Å². The van der Waals surface area contributed by atoms with Crippen LogP contribution < -0.4 is 0 Å². The van der Waals surface area contributed by atoms with E-state index in [9.17, 15) is 43.2 Å². The highest BCUT2D eigenvalue weighted by atomic mass is 31.2. The summed E-state index contributed by atoms with van der Waals surface area (Å²) in [6.07, 6.45) is 64.1. The maximum atomic E-state index is 13.1. The number of carbonyl (C=O) groups is 4. The number of rotatable bonds is 80. The first-order chi connectivity index (χ1) is 48.0. The second-order valence-electron chi connectivity index (χ2n) is 29.3. The van der Waals surface area contributed by atoms with E-state index in [0.717, 1.165) is 102 Å². The fourth-order valence-electron chi connectivity index (χ4n) is 12.4. The van der Waals surface area contributed by atoms with Crippen molar-refractivity contribution in [1.29, 1.82) is 0 Å². The van der Waals surface area contributed by atoms with Gasteiger partial charge in [0.05, 0.1) is 26.4 Å². The molecule has 2 unspecified atom stereocenters. The number of phosphoric ester groups is 2. The lowest BCUT2D eigenvalue weighted by molar-refractivity contribution is -0.161. The molecule has 0 aliphatic carbocycles. The zero-order valence-corrected chi connectivity index (χ0v) is 66.4. The van der Waals surface area contributed by atoms with E-state index in [2.05, 4.69) is 34.6 Å². The number of carbonyl (C=O) groups excluding carboxylic acids is 4. The Morgan fingerprint density at radius 2 is 0.465 bits per heavy atom. The summed E-state index contributed by atoms with van der Waals surface area (Å²) in [4.78, 5) is 72.8. The third kappa shape index (κ3) is 74.1. The molecular formula is C80H156O17P2. The quantitative estimate of drug-likeness (QED) is 0.0222. The minimum atomic E-state index is -4.96. The van der Waals surface area contributed by atoms with E-state index in [1.54, 1.807) is 0 Å². The maximum absolute atomic E-state index is 13.1. The number of phosphoric acid groups is 2. The molecule has 0 spiro atoms. The van der Waals surface area contributed by atoms with Crippen LogP contribution in [0.2, 0.25) is 0 Å². The van der Waals surface area contributed by atoms with Gasteiger partial charge in [0.1, 0.15) is 19.3 Å². The maximum Gasteiger partial charge on any atom is 0.472 e. The van der Waals surface area contributed by atoms with Gasteiger partial charge in [0.25, 0.3) is 0 Å². The van der Waals surface area contributed by atoms with Gasteiger partial charge in [0, 0.05) is 25.7 Å². The molecule has 588 valence electrons. The van der Waals surface area contributed by atoms with Crippen molar-refractivity contribution in [2.75, 3.05) is 39.6 Å². The van der Waals surface area contributed by atoms with Crippen LogP contribution in [0.4, 0.5) is 0 Å². The van der Waals surface area contributed by atoms with E-state index in [-0.39, 0.29) is 25.7 Å². The molecule has 0 aliphatic heterocycles. The smallest absolute Gasteiger partial charge is 0.462 e. The standard InChI is InChI=1S/C80H156O17P2/c1-6-9-12-15-18-21-23-25-27-29-31-32-33-35-37-39-41-45-50-55-60-65-79(84)96-76(70-91-78(83)64-59-54-49-44-40-38-36-34-30-28-26-24-22-19-16-13-10-7-2)72-95-99(88,89)93-68-74(81)67-92-98(86,87)94-71-75(69-90-77(82)63-58-53-48-20-17-14-11-8-3)97-80(85)66-61-56-51-46-42-43-47-52-57-62-73(4)5/h73-76,81H,6-72H2,1-5H3,(H,86,87)(H,88,89)/t74-,75+,76+/m0/s1. The van der Waals surface area contributed by atoms with Gasteiger partial charge in [-0.2, -0.15) is 0 Å². The summed E-state index contributed by atoms with van der Waals surface area (Å²) in [5.74, 6) is -1.38. The molecule has 5 atom stereocenters. The van der Waals surface area contributed by atoms with Gasteiger partial charge in [-0.1, -0.05) is 375 Å². The number of esters is 4. The van der Waals surface area contributed by atoms with E-state index in [1.165, 1.54) is 244 Å². The largest absolute Gasteiger partial charge is 0.472 e. The molecule has 3 N–H and O–H groups in total. The normalized spacial score (nSPS) is 13.9. The second kappa shape index (κ2) is 73.0. The summed E-state index contributed by atoms with van der Waals surface area (Å²) in [5.41, 5.74) is 0. The number of hydrogen-bond acceptors (Lipinski definition) is 15. The minimum absolute atomic E-state index is 0.106. The molecule has 0 fully saturated rings. The number of ether oxygens (including phenoxy) is 4. The lowest BCUT2D eigenvalue weighted by Crippen LogP contribution is -2.30. The van der Waals surface area contributed by atoms with E-state index in [0.29, 0.717) is 25.7 Å². The van der Waals surface area contributed by atoms with Gasteiger partial charge in [-0.3, -0.25) is 37.3 Å². The molecule has 0 rings (SSSR count). The molecule has 0 heterocycles. The van der Waals surface area contributed by atoms with Crippen LogP contribution in [-0.4, -0.2) is 96.7 Å². The van der Waals surface area contributed by atoms with Crippen LogP contribution in [0.1, 0.15) is 426 Å². The fourth-order valence-corrected chi connectivity index (χ4v) is 14.0. The monoisotopic (exact) mass is 1450 g/mol. The number of unbranched alkanes of at least 4 members (excludes halogenated alkanes) is 52. The van der Waals surface area contributed by atoms with Crippen LogP contribution in [-0.2, 0) is 65.4 Å². The highest BCUT2D eigenvalue weighted by Crippen LogP contribution is 2.45. The number of aliphatic hydroxyl groups excluding tert-OH is 1. The van der Waals surface area contributed by atoms with Crippen molar-refractivity contribution in [2.24, 2.45) is 5.92 Å². The average Bonchev–Trinajstić information content (AvgIpc) is 1.01. The Morgan fingerprint density at radius 1 is 0.273 bits per heavy atom. The predicted octanol–water partition coefficient (Wildman–Crippen LogP) is 24.0. The topological polar surface area (TPSA) is 237 Å². The van der Waals surface area contributed by atoms with Crippen LogP contribution in [0.5, 0.6) is 0 Å². The van der Waals surface area contributed by atoms with Gasteiger partial charge in [-0.15, -0.1) is 0 Å². The molecule has 0 saturated heterocycles. The van der Waals surface area contributed by atoms with Crippen LogP contribution in [0.15, 0.2) is 0 Å². The molecule has 0 aromatic rings. The van der Waals surface area contributed by atoms with Gasteiger partial charge in [-0.25, -0.2) is 9.13 Å². The highest BCUT2D eigenvalue weighted by Gasteiger charge is 2.30. The Kier molecular flexibility index (Phi) is 71.6. The zero-order chi connectivity index (χ0) is 72.7. The van der Waals surface area contributed by atoms with Crippen LogP contribution in [0, 0.1) is 5.92 Å². The fraction of sp³-hybridized carbons (Fsp3) is 0.950. The molecule has 0 bridgehead atoms. The summed E-state index contributed by atoms with van der Waals surface area (Å²) in [6.45, 7) is 7.26. The molecule has 19 heteroatoms. The van der Waals surface area contributed by atoms with Gasteiger partial charge < -0.3 is 33.8 Å². The second-order valence-corrected chi connectivity index (χ2v) is 32.2. The third-order valence-corrected chi connectivity index (χ3v) is 20.7. The molecule has 0 aromatic heterocycles. The molecule has 0 saturated carbocycles. The Morgan fingerprint density at radius 3 is 0.687 bits per heavy atom. The van der Waals surface area contributed by atoms with Crippen molar-refractivity contribution in [1.82, 2.24) is 0 Å². The summed E-state index contributed by atoms with van der Waals surface area (Å²) in [5, 5.41) is 10.6. The van der Waals surface area contributed by atoms with E-state index in [1.807, 2.05) is 0 Å².